The maximum atomic E-state index is 12.0. The van der Waals surface area contributed by atoms with E-state index in [-0.39, 0.29) is 18.5 Å². The highest BCUT2D eigenvalue weighted by molar-refractivity contribution is 5.83. The van der Waals surface area contributed by atoms with Crippen LogP contribution in [0.25, 0.3) is 0 Å². The number of carboxylic acids is 1. The summed E-state index contributed by atoms with van der Waals surface area (Å²) in [6, 6.07) is 0.232. The highest BCUT2D eigenvalue weighted by Crippen LogP contribution is 2.32. The standard InChI is InChI=1S/C15H26N2O3/c1-10-5-3-6-12(11(10)2)17-13(18)9-16-15(14(19)20)7-4-8-15/h10-12,16H,3-9H2,1-2H3,(H,17,18)(H,19,20). The summed E-state index contributed by atoms with van der Waals surface area (Å²) in [5.41, 5.74) is -0.858. The number of nitrogens with one attached hydrogen (secondary N) is 2. The third-order valence-corrected chi connectivity index (χ3v) is 5.26. The van der Waals surface area contributed by atoms with Crippen molar-refractivity contribution in [2.24, 2.45) is 11.8 Å². The molecule has 0 bridgehead atoms. The van der Waals surface area contributed by atoms with Crippen LogP contribution >= 0.6 is 0 Å². The Morgan fingerprint density at radius 2 is 1.90 bits per heavy atom. The van der Waals surface area contributed by atoms with Gasteiger partial charge < -0.3 is 10.4 Å². The van der Waals surface area contributed by atoms with E-state index >= 15 is 0 Å². The van der Waals surface area contributed by atoms with E-state index in [9.17, 15) is 14.7 Å². The maximum absolute atomic E-state index is 12.0. The summed E-state index contributed by atoms with van der Waals surface area (Å²) < 4.78 is 0. The average Bonchev–Trinajstić information content (AvgIpc) is 2.33. The van der Waals surface area contributed by atoms with Crippen molar-refractivity contribution in [2.75, 3.05) is 6.54 Å². The van der Waals surface area contributed by atoms with E-state index < -0.39 is 11.5 Å². The number of carbonyl (C=O) groups is 2. The van der Waals surface area contributed by atoms with E-state index in [0.717, 1.165) is 19.3 Å². The molecule has 2 rings (SSSR count). The van der Waals surface area contributed by atoms with Gasteiger partial charge in [0.05, 0.1) is 6.54 Å². The monoisotopic (exact) mass is 282 g/mol. The third kappa shape index (κ3) is 3.14. The van der Waals surface area contributed by atoms with Gasteiger partial charge >= 0.3 is 5.97 Å². The Kier molecular flexibility index (Phi) is 4.68. The number of carbonyl (C=O) groups excluding carboxylic acids is 1. The summed E-state index contributed by atoms with van der Waals surface area (Å²) in [4.78, 5) is 23.2. The molecule has 0 radical (unpaired) electrons. The highest BCUT2D eigenvalue weighted by Gasteiger charge is 2.44. The highest BCUT2D eigenvalue weighted by atomic mass is 16.4. The minimum atomic E-state index is -0.858. The minimum Gasteiger partial charge on any atom is -0.480 e. The molecule has 2 fully saturated rings. The van der Waals surface area contributed by atoms with Crippen LogP contribution in [0, 0.1) is 11.8 Å². The zero-order chi connectivity index (χ0) is 14.8. The zero-order valence-corrected chi connectivity index (χ0v) is 12.4. The molecule has 5 nitrogen and oxygen atoms in total. The molecule has 1 amide bonds. The van der Waals surface area contributed by atoms with Crippen LogP contribution in [-0.4, -0.2) is 35.1 Å². The molecule has 0 heterocycles. The summed E-state index contributed by atoms with van der Waals surface area (Å²) in [5, 5.41) is 15.2. The van der Waals surface area contributed by atoms with E-state index in [1.165, 1.54) is 6.42 Å². The van der Waals surface area contributed by atoms with Gasteiger partial charge in [-0.15, -0.1) is 0 Å². The quantitative estimate of drug-likeness (QED) is 0.714. The number of hydrogen-bond acceptors (Lipinski definition) is 3. The van der Waals surface area contributed by atoms with Crippen LogP contribution in [0.4, 0.5) is 0 Å². The fraction of sp³-hybridized carbons (Fsp3) is 0.867. The second kappa shape index (κ2) is 6.12. The third-order valence-electron chi connectivity index (χ3n) is 5.26. The molecule has 0 saturated heterocycles. The topological polar surface area (TPSA) is 78.4 Å². The van der Waals surface area contributed by atoms with Gasteiger partial charge in [0.2, 0.25) is 5.91 Å². The molecule has 3 unspecified atom stereocenters. The first kappa shape index (κ1) is 15.3. The molecule has 2 saturated carbocycles. The molecule has 114 valence electrons. The van der Waals surface area contributed by atoms with Gasteiger partial charge in [0.1, 0.15) is 5.54 Å². The molecule has 0 aromatic heterocycles. The van der Waals surface area contributed by atoms with Crippen LogP contribution in [0.5, 0.6) is 0 Å². The Balaban J connectivity index is 1.79. The molecule has 3 N–H and O–H groups in total. The van der Waals surface area contributed by atoms with E-state index in [4.69, 9.17) is 0 Å². The summed E-state index contributed by atoms with van der Waals surface area (Å²) in [7, 11) is 0. The van der Waals surface area contributed by atoms with Crippen LogP contribution in [0.2, 0.25) is 0 Å². The lowest BCUT2D eigenvalue weighted by Crippen LogP contribution is -2.59. The van der Waals surface area contributed by atoms with Crippen molar-refractivity contribution in [3.05, 3.63) is 0 Å². The normalized spacial score (nSPS) is 32.2. The molecule has 0 aliphatic heterocycles. The first-order valence-corrected chi connectivity index (χ1v) is 7.72. The van der Waals surface area contributed by atoms with Gasteiger partial charge in [-0.2, -0.15) is 0 Å². The fourth-order valence-electron chi connectivity index (χ4n) is 3.29. The van der Waals surface area contributed by atoms with E-state index in [1.54, 1.807) is 0 Å². The van der Waals surface area contributed by atoms with Crippen LogP contribution in [0.15, 0.2) is 0 Å². The first-order chi connectivity index (χ1) is 9.44. The number of carboxylic acid groups (broad SMARTS) is 1. The number of amides is 1. The molecule has 2 aliphatic carbocycles. The Morgan fingerprint density at radius 1 is 1.20 bits per heavy atom. The summed E-state index contributed by atoms with van der Waals surface area (Å²) in [5.74, 6) is 0.212. The summed E-state index contributed by atoms with van der Waals surface area (Å²) >= 11 is 0. The van der Waals surface area contributed by atoms with Crippen LogP contribution < -0.4 is 10.6 Å². The lowest BCUT2D eigenvalue weighted by atomic mass is 9.76. The first-order valence-electron chi connectivity index (χ1n) is 7.72. The summed E-state index contributed by atoms with van der Waals surface area (Å²) in [6.45, 7) is 4.52. The van der Waals surface area contributed by atoms with Gasteiger partial charge in [0, 0.05) is 6.04 Å². The number of rotatable bonds is 5. The molecule has 2 aliphatic rings. The lowest BCUT2D eigenvalue weighted by Gasteiger charge is -2.39. The zero-order valence-electron chi connectivity index (χ0n) is 12.4. The predicted octanol–water partition coefficient (Wildman–Crippen LogP) is 1.52. The van der Waals surface area contributed by atoms with Crippen LogP contribution in [0.1, 0.15) is 52.4 Å². The van der Waals surface area contributed by atoms with Gasteiger partial charge in [-0.3, -0.25) is 14.9 Å². The van der Waals surface area contributed by atoms with Gasteiger partial charge in [-0.25, -0.2) is 0 Å². The molecule has 0 aromatic carbocycles. The maximum Gasteiger partial charge on any atom is 0.323 e. The van der Waals surface area contributed by atoms with Gasteiger partial charge in [0.25, 0.3) is 0 Å². The summed E-state index contributed by atoms with van der Waals surface area (Å²) in [6.07, 6.45) is 5.56. The van der Waals surface area contributed by atoms with Crippen LogP contribution in [-0.2, 0) is 9.59 Å². The van der Waals surface area contributed by atoms with E-state index in [2.05, 4.69) is 24.5 Å². The van der Waals surface area contributed by atoms with E-state index in [1.807, 2.05) is 0 Å². The Bertz CT molecular complexity index is 379. The lowest BCUT2D eigenvalue weighted by molar-refractivity contribution is -0.149. The van der Waals surface area contributed by atoms with Crippen molar-refractivity contribution in [2.45, 2.75) is 64.0 Å². The van der Waals surface area contributed by atoms with Crippen molar-refractivity contribution >= 4 is 11.9 Å². The fourth-order valence-corrected chi connectivity index (χ4v) is 3.29. The van der Waals surface area contributed by atoms with Gasteiger partial charge in [-0.05, 0) is 37.5 Å². The molecular formula is C15H26N2O3. The smallest absolute Gasteiger partial charge is 0.323 e. The van der Waals surface area contributed by atoms with Gasteiger partial charge in [0.15, 0.2) is 0 Å². The van der Waals surface area contributed by atoms with Gasteiger partial charge in [-0.1, -0.05) is 26.7 Å². The number of aliphatic carboxylic acids is 1. The SMILES string of the molecule is CC1CCCC(NC(=O)CNC2(C(=O)O)CCC2)C1C. The average molecular weight is 282 g/mol. The molecule has 0 aromatic rings. The molecule has 5 heteroatoms. The molecule has 0 spiro atoms. The van der Waals surface area contributed by atoms with Crippen molar-refractivity contribution in [1.29, 1.82) is 0 Å². The van der Waals surface area contributed by atoms with Crippen molar-refractivity contribution in [3.8, 4) is 0 Å². The van der Waals surface area contributed by atoms with E-state index in [0.29, 0.717) is 24.7 Å². The Morgan fingerprint density at radius 3 is 2.45 bits per heavy atom. The molecule has 20 heavy (non-hydrogen) atoms. The minimum absolute atomic E-state index is 0.0801. The second-order valence-corrected chi connectivity index (χ2v) is 6.54. The predicted molar refractivity (Wildman–Crippen MR) is 76.3 cm³/mol. The number of hydrogen-bond donors (Lipinski definition) is 3. The van der Waals surface area contributed by atoms with Crippen molar-refractivity contribution in [3.63, 3.8) is 0 Å². The molecule has 3 atom stereocenters. The van der Waals surface area contributed by atoms with Crippen molar-refractivity contribution in [1.82, 2.24) is 10.6 Å². The molecular weight excluding hydrogens is 256 g/mol. The Hall–Kier alpha value is -1.10. The Labute approximate surface area is 120 Å². The largest absolute Gasteiger partial charge is 0.480 e. The second-order valence-electron chi connectivity index (χ2n) is 6.54. The van der Waals surface area contributed by atoms with Crippen LogP contribution in [0.3, 0.4) is 0 Å². The van der Waals surface area contributed by atoms with Crippen molar-refractivity contribution < 1.29 is 14.7 Å².